The van der Waals surface area contributed by atoms with Crippen molar-refractivity contribution < 1.29 is 9.47 Å². The Hall–Kier alpha value is -1.22. The largest absolute Gasteiger partial charge is 0.365 e. The monoisotopic (exact) mass is 192 g/mol. The van der Waals surface area contributed by atoms with Crippen LogP contribution in [-0.2, 0) is 9.47 Å². The van der Waals surface area contributed by atoms with E-state index in [-0.39, 0.29) is 0 Å². The molecule has 0 saturated heterocycles. The number of hydrogen-bond acceptors (Lipinski definition) is 2. The van der Waals surface area contributed by atoms with Gasteiger partial charge in [-0.05, 0) is 13.8 Å². The van der Waals surface area contributed by atoms with Crippen molar-refractivity contribution in [1.82, 2.24) is 0 Å². The summed E-state index contributed by atoms with van der Waals surface area (Å²) in [7, 11) is 0. The average Bonchev–Trinajstić information content (AvgIpc) is 2.21. The summed E-state index contributed by atoms with van der Waals surface area (Å²) in [6, 6.07) is 0. The fourth-order valence-corrected chi connectivity index (χ4v) is 0.636. The molecule has 0 aliphatic heterocycles. The zero-order valence-electron chi connectivity index (χ0n) is 8.80. The normalized spacial score (nSPS) is 9.00. The first kappa shape index (κ1) is 12.8. The minimum atomic E-state index is 0.489. The molecule has 0 N–H and O–H groups in total. The van der Waals surface area contributed by atoms with Crippen LogP contribution in [0.2, 0.25) is 0 Å². The summed E-state index contributed by atoms with van der Waals surface area (Å²) in [6.45, 7) is 5.73. The molecular weight excluding hydrogens is 176 g/mol. The molecule has 0 aromatic heterocycles. The highest BCUT2D eigenvalue weighted by Gasteiger charge is 1.79. The SMILES string of the molecule is CC#CCOC/C=C/COCC#CC. The molecule has 0 amide bonds. The van der Waals surface area contributed by atoms with Crippen LogP contribution < -0.4 is 0 Å². The van der Waals surface area contributed by atoms with Crippen LogP contribution in [0.3, 0.4) is 0 Å². The Kier molecular flexibility index (Phi) is 10.8. The van der Waals surface area contributed by atoms with E-state index in [9.17, 15) is 0 Å². The van der Waals surface area contributed by atoms with Crippen molar-refractivity contribution in [1.29, 1.82) is 0 Å². The van der Waals surface area contributed by atoms with Gasteiger partial charge < -0.3 is 9.47 Å². The molecule has 0 radical (unpaired) electrons. The van der Waals surface area contributed by atoms with E-state index in [1.807, 2.05) is 12.2 Å². The smallest absolute Gasteiger partial charge is 0.108 e. The van der Waals surface area contributed by atoms with Gasteiger partial charge in [0.25, 0.3) is 0 Å². The van der Waals surface area contributed by atoms with Crippen LogP contribution in [0.25, 0.3) is 0 Å². The Morgan fingerprint density at radius 1 is 0.857 bits per heavy atom. The maximum absolute atomic E-state index is 5.16. The highest BCUT2D eigenvalue weighted by Crippen LogP contribution is 1.79. The van der Waals surface area contributed by atoms with Gasteiger partial charge in [-0.25, -0.2) is 0 Å². The van der Waals surface area contributed by atoms with Crippen LogP contribution in [0.4, 0.5) is 0 Å². The summed E-state index contributed by atoms with van der Waals surface area (Å²) < 4.78 is 10.3. The fraction of sp³-hybridized carbons (Fsp3) is 0.500. The second kappa shape index (κ2) is 11.8. The van der Waals surface area contributed by atoms with E-state index >= 15 is 0 Å². The molecule has 0 aromatic rings. The molecule has 0 aromatic carbocycles. The van der Waals surface area contributed by atoms with Crippen molar-refractivity contribution in [3.63, 3.8) is 0 Å². The molecule has 0 saturated carbocycles. The Bertz CT molecular complexity index is 230. The molecule has 0 aliphatic rings. The summed E-state index contributed by atoms with van der Waals surface area (Å²) in [5, 5.41) is 0. The zero-order valence-corrected chi connectivity index (χ0v) is 8.80. The van der Waals surface area contributed by atoms with E-state index < -0.39 is 0 Å². The lowest BCUT2D eigenvalue weighted by molar-refractivity contribution is 0.190. The summed E-state index contributed by atoms with van der Waals surface area (Å²) in [5.74, 6) is 11.1. The molecular formula is C12H16O2. The second-order valence-corrected chi connectivity index (χ2v) is 2.36. The lowest BCUT2D eigenvalue weighted by atomic mass is 10.5. The summed E-state index contributed by atoms with van der Waals surface area (Å²) >= 11 is 0. The first-order chi connectivity index (χ1) is 6.91. The minimum absolute atomic E-state index is 0.489. The highest BCUT2D eigenvalue weighted by atomic mass is 16.5. The predicted molar refractivity (Wildman–Crippen MR) is 57.7 cm³/mol. The molecule has 14 heavy (non-hydrogen) atoms. The maximum Gasteiger partial charge on any atom is 0.108 e. The van der Waals surface area contributed by atoms with E-state index in [0.717, 1.165) is 0 Å². The number of hydrogen-bond donors (Lipinski definition) is 0. The molecule has 2 nitrogen and oxygen atoms in total. The first-order valence-electron chi connectivity index (χ1n) is 4.51. The Balaban J connectivity index is 3.16. The van der Waals surface area contributed by atoms with Crippen molar-refractivity contribution in [3.8, 4) is 23.7 Å². The van der Waals surface area contributed by atoms with Gasteiger partial charge in [0.05, 0.1) is 13.2 Å². The topological polar surface area (TPSA) is 18.5 Å². The molecule has 0 aliphatic carbocycles. The van der Waals surface area contributed by atoms with Crippen molar-refractivity contribution >= 4 is 0 Å². The maximum atomic E-state index is 5.16. The molecule has 2 heteroatoms. The van der Waals surface area contributed by atoms with Gasteiger partial charge in [-0.1, -0.05) is 24.0 Å². The first-order valence-corrected chi connectivity index (χ1v) is 4.51. The third-order valence-corrected chi connectivity index (χ3v) is 1.30. The molecule has 0 atom stereocenters. The number of ether oxygens (including phenoxy) is 2. The van der Waals surface area contributed by atoms with Gasteiger partial charge in [-0.15, -0.1) is 11.8 Å². The zero-order chi connectivity index (χ0) is 10.5. The molecule has 0 heterocycles. The third kappa shape index (κ3) is 10.8. The van der Waals surface area contributed by atoms with E-state index in [4.69, 9.17) is 9.47 Å². The quantitative estimate of drug-likeness (QED) is 0.362. The summed E-state index contributed by atoms with van der Waals surface area (Å²) in [5.41, 5.74) is 0. The minimum Gasteiger partial charge on any atom is -0.365 e. The summed E-state index contributed by atoms with van der Waals surface area (Å²) in [6.07, 6.45) is 3.83. The lowest BCUT2D eigenvalue weighted by Gasteiger charge is -1.94. The van der Waals surface area contributed by atoms with E-state index in [0.29, 0.717) is 26.4 Å². The van der Waals surface area contributed by atoms with Crippen molar-refractivity contribution in [2.45, 2.75) is 13.8 Å². The van der Waals surface area contributed by atoms with Gasteiger partial charge in [0.15, 0.2) is 0 Å². The molecule has 0 unspecified atom stereocenters. The van der Waals surface area contributed by atoms with Gasteiger partial charge in [0, 0.05) is 0 Å². The van der Waals surface area contributed by atoms with Crippen LogP contribution in [0, 0.1) is 23.7 Å². The Labute approximate surface area is 86.3 Å². The summed E-state index contributed by atoms with van der Waals surface area (Å²) in [4.78, 5) is 0. The van der Waals surface area contributed by atoms with E-state index in [1.54, 1.807) is 13.8 Å². The van der Waals surface area contributed by atoms with Crippen LogP contribution in [0.1, 0.15) is 13.8 Å². The van der Waals surface area contributed by atoms with Crippen LogP contribution >= 0.6 is 0 Å². The van der Waals surface area contributed by atoms with Gasteiger partial charge >= 0.3 is 0 Å². The van der Waals surface area contributed by atoms with Gasteiger partial charge in [-0.2, -0.15) is 0 Å². The Morgan fingerprint density at radius 3 is 1.64 bits per heavy atom. The lowest BCUT2D eigenvalue weighted by Crippen LogP contribution is -1.93. The van der Waals surface area contributed by atoms with E-state index in [1.165, 1.54) is 0 Å². The standard InChI is InChI=1S/C12H16O2/c1-3-5-9-13-11-7-8-12-14-10-6-4-2/h7-8H,9-12H2,1-2H3/b8-7+. The number of rotatable bonds is 6. The van der Waals surface area contributed by atoms with Crippen molar-refractivity contribution in [2.24, 2.45) is 0 Å². The second-order valence-electron chi connectivity index (χ2n) is 2.36. The average molecular weight is 192 g/mol. The molecule has 0 fully saturated rings. The molecule has 0 spiro atoms. The van der Waals surface area contributed by atoms with E-state index in [2.05, 4.69) is 23.7 Å². The molecule has 76 valence electrons. The van der Waals surface area contributed by atoms with Gasteiger partial charge in [0.2, 0.25) is 0 Å². The molecule has 0 bridgehead atoms. The Morgan fingerprint density at radius 2 is 1.29 bits per heavy atom. The van der Waals surface area contributed by atoms with Crippen LogP contribution in [0.15, 0.2) is 12.2 Å². The molecule has 0 rings (SSSR count). The van der Waals surface area contributed by atoms with Crippen LogP contribution in [0.5, 0.6) is 0 Å². The fourth-order valence-electron chi connectivity index (χ4n) is 0.636. The van der Waals surface area contributed by atoms with Gasteiger partial charge in [0.1, 0.15) is 13.2 Å². The van der Waals surface area contributed by atoms with Crippen molar-refractivity contribution in [2.75, 3.05) is 26.4 Å². The van der Waals surface area contributed by atoms with Gasteiger partial charge in [-0.3, -0.25) is 0 Å². The van der Waals surface area contributed by atoms with Crippen molar-refractivity contribution in [3.05, 3.63) is 12.2 Å². The highest BCUT2D eigenvalue weighted by molar-refractivity contribution is 4.96. The predicted octanol–water partition coefficient (Wildman–Crippen LogP) is 1.62. The van der Waals surface area contributed by atoms with Crippen LogP contribution in [-0.4, -0.2) is 26.4 Å². The third-order valence-electron chi connectivity index (χ3n) is 1.30.